The first-order chi connectivity index (χ1) is 12.3. The quantitative estimate of drug-likeness (QED) is 0.414. The molecule has 0 unspecified atom stereocenters. The van der Waals surface area contributed by atoms with Gasteiger partial charge >= 0.3 is 0 Å². The molecule has 0 aliphatic rings. The fraction of sp³-hybridized carbons (Fsp3) is 0.300. The number of aromatic nitrogens is 2. The van der Waals surface area contributed by atoms with Gasteiger partial charge in [-0.05, 0) is 48.7 Å². The Morgan fingerprint density at radius 3 is 2.50 bits per heavy atom. The Hall–Kier alpha value is -1.85. The largest absolute Gasteiger partial charge is 0.287 e. The van der Waals surface area contributed by atoms with Gasteiger partial charge in [-0.2, -0.15) is 0 Å². The molecule has 3 aromatic rings. The number of fused-ring (bicyclic) bond motifs is 1. The molecule has 0 aliphatic carbocycles. The Morgan fingerprint density at radius 2 is 1.85 bits per heavy atom. The van der Waals surface area contributed by atoms with Gasteiger partial charge in [-0.3, -0.25) is 9.36 Å². The van der Waals surface area contributed by atoms with Gasteiger partial charge in [0.05, 0.1) is 10.9 Å². The van der Waals surface area contributed by atoms with Crippen molar-refractivity contribution < 1.29 is 4.39 Å². The third-order valence-corrected chi connectivity index (χ3v) is 5.43. The van der Waals surface area contributed by atoms with Gasteiger partial charge in [0.15, 0.2) is 5.16 Å². The van der Waals surface area contributed by atoms with Crippen molar-refractivity contribution >= 4 is 34.3 Å². The highest BCUT2D eigenvalue weighted by molar-refractivity contribution is 7.99. The van der Waals surface area contributed by atoms with E-state index in [4.69, 9.17) is 16.6 Å². The average Bonchev–Trinajstić information content (AvgIpc) is 2.59. The molecule has 0 N–H and O–H groups in total. The van der Waals surface area contributed by atoms with Crippen molar-refractivity contribution in [3.8, 4) is 0 Å². The molecule has 0 fully saturated rings. The number of halogens is 2. The number of benzene rings is 2. The van der Waals surface area contributed by atoms with Crippen LogP contribution in [0.3, 0.4) is 0 Å². The normalized spacial score (nSPS) is 12.7. The predicted octanol–water partition coefficient (Wildman–Crippen LogP) is 5.70. The van der Waals surface area contributed by atoms with E-state index in [9.17, 15) is 9.18 Å². The van der Waals surface area contributed by atoms with Gasteiger partial charge in [0.2, 0.25) is 0 Å². The maximum absolute atomic E-state index is 13.2. The van der Waals surface area contributed by atoms with Crippen LogP contribution in [0.1, 0.15) is 31.6 Å². The highest BCUT2D eigenvalue weighted by Crippen LogP contribution is 2.34. The van der Waals surface area contributed by atoms with Crippen molar-refractivity contribution in [2.24, 2.45) is 5.92 Å². The van der Waals surface area contributed by atoms with Crippen LogP contribution in [0.4, 0.5) is 4.39 Å². The minimum absolute atomic E-state index is 0.0330. The van der Waals surface area contributed by atoms with Crippen molar-refractivity contribution in [1.29, 1.82) is 0 Å². The van der Waals surface area contributed by atoms with Crippen LogP contribution in [-0.4, -0.2) is 9.55 Å². The van der Waals surface area contributed by atoms with Crippen LogP contribution < -0.4 is 5.56 Å². The summed E-state index contributed by atoms with van der Waals surface area (Å²) in [6, 6.07) is 11.6. The van der Waals surface area contributed by atoms with Gasteiger partial charge in [0.25, 0.3) is 5.56 Å². The lowest BCUT2D eigenvalue weighted by atomic mass is 10.2. The Morgan fingerprint density at radius 1 is 1.15 bits per heavy atom. The fourth-order valence-corrected chi connectivity index (χ4v) is 3.97. The van der Waals surface area contributed by atoms with Crippen molar-refractivity contribution in [1.82, 2.24) is 9.55 Å². The molecular weight excluding hydrogens is 371 g/mol. The third-order valence-electron chi connectivity index (χ3n) is 4.05. The maximum atomic E-state index is 13.2. The first kappa shape index (κ1) is 18.9. The van der Waals surface area contributed by atoms with Crippen molar-refractivity contribution in [2.75, 3.05) is 0 Å². The Balaban J connectivity index is 2.06. The van der Waals surface area contributed by atoms with Crippen LogP contribution in [0.15, 0.2) is 52.4 Å². The van der Waals surface area contributed by atoms with E-state index >= 15 is 0 Å². The minimum atomic E-state index is -0.261. The number of thioether (sulfide) groups is 1. The van der Waals surface area contributed by atoms with E-state index < -0.39 is 0 Å². The second-order valence-corrected chi connectivity index (χ2v) is 8.42. The summed E-state index contributed by atoms with van der Waals surface area (Å²) in [4.78, 5) is 17.7. The van der Waals surface area contributed by atoms with Gasteiger partial charge < -0.3 is 0 Å². The van der Waals surface area contributed by atoms with Crippen molar-refractivity contribution in [3.63, 3.8) is 0 Å². The Kier molecular flexibility index (Phi) is 5.68. The average molecular weight is 391 g/mol. The predicted molar refractivity (Wildman–Crippen MR) is 107 cm³/mol. The molecule has 0 spiro atoms. The molecule has 0 amide bonds. The fourth-order valence-electron chi connectivity index (χ4n) is 2.75. The van der Waals surface area contributed by atoms with Crippen LogP contribution in [-0.2, 0) is 6.54 Å². The molecule has 1 atom stereocenters. The number of hydrogen-bond acceptors (Lipinski definition) is 3. The number of nitrogens with zero attached hydrogens (tertiary/aromatic N) is 2. The smallest absolute Gasteiger partial charge is 0.262 e. The van der Waals surface area contributed by atoms with Crippen LogP contribution in [0, 0.1) is 11.7 Å². The summed E-state index contributed by atoms with van der Waals surface area (Å²) < 4.78 is 14.9. The first-order valence-electron chi connectivity index (χ1n) is 8.47. The molecule has 0 bridgehead atoms. The number of hydrogen-bond donors (Lipinski definition) is 0. The monoisotopic (exact) mass is 390 g/mol. The second kappa shape index (κ2) is 7.80. The van der Waals surface area contributed by atoms with Gasteiger partial charge in [0.1, 0.15) is 5.82 Å². The van der Waals surface area contributed by atoms with E-state index in [1.165, 1.54) is 23.9 Å². The second-order valence-electron chi connectivity index (χ2n) is 6.68. The molecule has 1 heterocycles. The molecule has 0 radical (unpaired) electrons. The lowest BCUT2D eigenvalue weighted by Crippen LogP contribution is -2.25. The van der Waals surface area contributed by atoms with Gasteiger partial charge in [0, 0.05) is 16.8 Å². The molecule has 0 saturated carbocycles. The van der Waals surface area contributed by atoms with Crippen LogP contribution in [0.2, 0.25) is 5.02 Å². The molecular formula is C20H20ClFN2OS. The van der Waals surface area contributed by atoms with E-state index in [0.717, 1.165) is 5.56 Å². The van der Waals surface area contributed by atoms with Crippen LogP contribution >= 0.6 is 23.4 Å². The molecule has 1 aromatic heterocycles. The standard InChI is InChI=1S/C20H20ClFN2OS/c1-12(2)11-24-19(25)17-10-15(21)6-9-18(17)23-20(24)26-13(3)14-4-7-16(22)8-5-14/h4-10,12-13H,11H2,1-3H3/t13-/m1/s1. The first-order valence-corrected chi connectivity index (χ1v) is 9.73. The van der Waals surface area contributed by atoms with Gasteiger partial charge in [-0.25, -0.2) is 9.37 Å². The summed E-state index contributed by atoms with van der Waals surface area (Å²) >= 11 is 7.55. The zero-order valence-electron chi connectivity index (χ0n) is 14.9. The summed E-state index contributed by atoms with van der Waals surface area (Å²) in [5, 5.41) is 1.74. The van der Waals surface area contributed by atoms with Crippen LogP contribution in [0.5, 0.6) is 0 Å². The Bertz CT molecular complexity index is 986. The highest BCUT2D eigenvalue weighted by Gasteiger charge is 2.17. The van der Waals surface area contributed by atoms with Crippen LogP contribution in [0.25, 0.3) is 10.9 Å². The summed E-state index contributed by atoms with van der Waals surface area (Å²) in [7, 11) is 0. The maximum Gasteiger partial charge on any atom is 0.262 e. The molecule has 0 saturated heterocycles. The van der Waals surface area contributed by atoms with E-state index in [2.05, 4.69) is 13.8 Å². The SMILES string of the molecule is CC(C)Cn1c(S[C@H](C)c2ccc(F)cc2)nc2ccc(Cl)cc2c1=O. The molecule has 2 aromatic carbocycles. The Labute approximate surface area is 161 Å². The topological polar surface area (TPSA) is 34.9 Å². The minimum Gasteiger partial charge on any atom is -0.287 e. The molecule has 6 heteroatoms. The highest BCUT2D eigenvalue weighted by atomic mass is 35.5. The molecule has 3 nitrogen and oxygen atoms in total. The van der Waals surface area contributed by atoms with E-state index in [1.807, 2.05) is 6.92 Å². The number of rotatable bonds is 5. The summed E-state index contributed by atoms with van der Waals surface area (Å²) in [6.45, 7) is 6.72. The van der Waals surface area contributed by atoms with Gasteiger partial charge in [-0.1, -0.05) is 49.3 Å². The lowest BCUT2D eigenvalue weighted by molar-refractivity contribution is 0.475. The zero-order valence-corrected chi connectivity index (χ0v) is 16.4. The molecule has 136 valence electrons. The summed E-state index contributed by atoms with van der Waals surface area (Å²) in [5.41, 5.74) is 1.53. The van der Waals surface area contributed by atoms with Gasteiger partial charge in [-0.15, -0.1) is 0 Å². The molecule has 26 heavy (non-hydrogen) atoms. The molecule has 3 rings (SSSR count). The lowest BCUT2D eigenvalue weighted by Gasteiger charge is -2.18. The summed E-state index contributed by atoms with van der Waals surface area (Å²) in [5.74, 6) is 0.0370. The molecule has 0 aliphatic heterocycles. The van der Waals surface area contributed by atoms with Crippen molar-refractivity contribution in [2.45, 2.75) is 37.7 Å². The van der Waals surface area contributed by atoms with E-state index in [1.54, 1.807) is 34.9 Å². The third kappa shape index (κ3) is 4.10. The van der Waals surface area contributed by atoms with E-state index in [-0.39, 0.29) is 16.6 Å². The zero-order chi connectivity index (χ0) is 18.8. The summed E-state index contributed by atoms with van der Waals surface area (Å²) in [6.07, 6.45) is 0. The van der Waals surface area contributed by atoms with Crippen molar-refractivity contribution in [3.05, 3.63) is 69.2 Å². The van der Waals surface area contributed by atoms with E-state index in [0.29, 0.717) is 33.5 Å².